The van der Waals surface area contributed by atoms with Gasteiger partial charge in [-0.2, -0.15) is 4.80 Å². The monoisotopic (exact) mass is 421 g/mol. The highest BCUT2D eigenvalue weighted by Gasteiger charge is 2.31. The summed E-state index contributed by atoms with van der Waals surface area (Å²) in [4.78, 5) is 28.9. The summed E-state index contributed by atoms with van der Waals surface area (Å²) in [5.74, 6) is -0.0166. The molecule has 0 saturated carbocycles. The zero-order valence-electron chi connectivity index (χ0n) is 15.8. The lowest BCUT2D eigenvalue weighted by Crippen LogP contribution is -2.27. The van der Waals surface area contributed by atoms with E-state index in [9.17, 15) is 9.59 Å². The summed E-state index contributed by atoms with van der Waals surface area (Å²) < 4.78 is 5.20. The van der Waals surface area contributed by atoms with E-state index in [-0.39, 0.29) is 17.9 Å². The predicted octanol–water partition coefficient (Wildman–Crippen LogP) is 3.24. The smallest absolute Gasteiger partial charge is 0.251 e. The van der Waals surface area contributed by atoms with Crippen LogP contribution in [0.4, 0.5) is 5.69 Å². The van der Waals surface area contributed by atoms with Gasteiger partial charge in [0.1, 0.15) is 16.8 Å². The number of rotatable bonds is 3. The number of ether oxygens (including phenoxy) is 1. The number of benzene rings is 2. The van der Waals surface area contributed by atoms with Crippen LogP contribution in [0.3, 0.4) is 0 Å². The molecule has 0 aliphatic carbocycles. The highest BCUT2D eigenvalue weighted by atomic mass is 35.5. The second-order valence-electron chi connectivity index (χ2n) is 6.96. The molecular formula is C21H16ClN5O3. The summed E-state index contributed by atoms with van der Waals surface area (Å²) >= 11 is 6.25. The molecule has 2 aromatic heterocycles. The van der Waals surface area contributed by atoms with E-state index in [1.807, 2.05) is 0 Å². The number of hydrogen-bond acceptors (Lipinski definition) is 5. The van der Waals surface area contributed by atoms with Crippen LogP contribution in [0.1, 0.15) is 23.5 Å². The summed E-state index contributed by atoms with van der Waals surface area (Å²) in [6.45, 7) is 0. The van der Waals surface area contributed by atoms with Crippen molar-refractivity contribution >= 4 is 34.2 Å². The highest BCUT2D eigenvalue weighted by Crippen LogP contribution is 2.39. The van der Waals surface area contributed by atoms with Crippen molar-refractivity contribution in [3.8, 4) is 11.4 Å². The average Bonchev–Trinajstić information content (AvgIpc) is 3.18. The lowest BCUT2D eigenvalue weighted by atomic mass is 9.84. The van der Waals surface area contributed by atoms with Crippen molar-refractivity contribution in [2.45, 2.75) is 12.3 Å². The Labute approximate surface area is 175 Å². The largest absolute Gasteiger partial charge is 0.495 e. The molecule has 150 valence electrons. The molecule has 0 bridgehead atoms. The molecule has 1 aliphatic heterocycles. The standard InChI is InChI=1S/C21H16ClN5O3/c1-30-17-7-4-11(9-14(17)22)27-25-16-6-5-15-19(20(16)26-27)13(10-18(28)24-15)12-3-2-8-23-21(12)29/h2-9,13H,10H2,1H3,(H,23,29)(H,24,28). The van der Waals surface area contributed by atoms with Gasteiger partial charge in [-0.15, -0.1) is 10.2 Å². The molecule has 4 aromatic rings. The molecule has 2 aromatic carbocycles. The number of amides is 1. The van der Waals surface area contributed by atoms with Crippen LogP contribution in [0.15, 0.2) is 53.5 Å². The molecule has 9 heteroatoms. The van der Waals surface area contributed by atoms with Crippen LogP contribution in [0, 0.1) is 0 Å². The van der Waals surface area contributed by atoms with Crippen molar-refractivity contribution < 1.29 is 9.53 Å². The van der Waals surface area contributed by atoms with E-state index in [1.165, 1.54) is 4.80 Å². The number of fused-ring (bicyclic) bond motifs is 3. The first-order valence-electron chi connectivity index (χ1n) is 9.26. The Bertz CT molecular complexity index is 1360. The lowest BCUT2D eigenvalue weighted by molar-refractivity contribution is -0.116. The fourth-order valence-electron chi connectivity index (χ4n) is 3.82. The molecule has 1 unspecified atom stereocenters. The Hall–Kier alpha value is -3.65. The molecule has 1 atom stereocenters. The van der Waals surface area contributed by atoms with Gasteiger partial charge in [0.15, 0.2) is 0 Å². The molecule has 8 nitrogen and oxygen atoms in total. The van der Waals surface area contributed by atoms with E-state index in [4.69, 9.17) is 16.3 Å². The normalized spacial score (nSPS) is 15.7. The van der Waals surface area contributed by atoms with Gasteiger partial charge in [-0.1, -0.05) is 17.7 Å². The zero-order valence-corrected chi connectivity index (χ0v) is 16.6. The third kappa shape index (κ3) is 2.93. The Kier molecular flexibility index (Phi) is 4.29. The van der Waals surface area contributed by atoms with Gasteiger partial charge >= 0.3 is 0 Å². The number of pyridine rings is 1. The molecule has 3 heterocycles. The van der Waals surface area contributed by atoms with Crippen LogP contribution in [-0.4, -0.2) is 33.0 Å². The van der Waals surface area contributed by atoms with Crippen molar-refractivity contribution in [1.29, 1.82) is 0 Å². The summed E-state index contributed by atoms with van der Waals surface area (Å²) in [7, 11) is 1.55. The van der Waals surface area contributed by atoms with Crippen LogP contribution in [0.2, 0.25) is 5.02 Å². The Morgan fingerprint density at radius 1 is 1.17 bits per heavy atom. The zero-order chi connectivity index (χ0) is 20.8. The quantitative estimate of drug-likeness (QED) is 0.528. The maximum Gasteiger partial charge on any atom is 0.251 e. The summed E-state index contributed by atoms with van der Waals surface area (Å²) in [5.41, 5.74) is 3.63. The average molecular weight is 422 g/mol. The minimum atomic E-state index is -0.424. The molecule has 30 heavy (non-hydrogen) atoms. The third-order valence-electron chi connectivity index (χ3n) is 5.20. The number of nitrogens with one attached hydrogen (secondary N) is 2. The highest BCUT2D eigenvalue weighted by molar-refractivity contribution is 6.32. The third-order valence-corrected chi connectivity index (χ3v) is 5.49. The number of hydrogen-bond donors (Lipinski definition) is 2. The molecule has 0 spiro atoms. The number of nitrogens with zero attached hydrogens (tertiary/aromatic N) is 3. The first-order valence-corrected chi connectivity index (χ1v) is 9.64. The van der Waals surface area contributed by atoms with Crippen molar-refractivity contribution in [2.24, 2.45) is 0 Å². The molecule has 1 amide bonds. The van der Waals surface area contributed by atoms with Gasteiger partial charge in [0.05, 0.1) is 17.8 Å². The Morgan fingerprint density at radius 3 is 2.80 bits per heavy atom. The lowest BCUT2D eigenvalue weighted by Gasteiger charge is -2.25. The second kappa shape index (κ2) is 7.00. The molecule has 1 aliphatic rings. The van der Waals surface area contributed by atoms with E-state index in [0.717, 1.165) is 5.56 Å². The summed E-state index contributed by atoms with van der Waals surface area (Å²) in [6, 6.07) is 12.3. The Balaban J connectivity index is 1.70. The molecule has 0 radical (unpaired) electrons. The maximum absolute atomic E-state index is 12.4. The molecule has 0 saturated heterocycles. The minimum absolute atomic E-state index is 0.149. The van der Waals surface area contributed by atoms with Crippen LogP contribution in [-0.2, 0) is 4.79 Å². The van der Waals surface area contributed by atoms with Gasteiger partial charge in [0.2, 0.25) is 5.91 Å². The summed E-state index contributed by atoms with van der Waals surface area (Å²) in [6.07, 6.45) is 1.72. The van der Waals surface area contributed by atoms with Crippen molar-refractivity contribution in [3.63, 3.8) is 0 Å². The fraction of sp³-hybridized carbons (Fsp3) is 0.143. The molecule has 2 N–H and O–H groups in total. The number of aromatic amines is 1. The number of carbonyl (C=O) groups excluding carboxylic acids is 1. The maximum atomic E-state index is 12.4. The first kappa shape index (κ1) is 18.4. The SMILES string of the molecule is COc1ccc(-n2nc3ccc4c(c3n2)C(c2ccc[nH]c2=O)CC(=O)N4)cc1Cl. The first-order chi connectivity index (χ1) is 14.5. The van der Waals surface area contributed by atoms with Crippen LogP contribution in [0.25, 0.3) is 16.7 Å². The van der Waals surface area contributed by atoms with Crippen LogP contribution >= 0.6 is 11.6 Å². The van der Waals surface area contributed by atoms with E-state index < -0.39 is 5.92 Å². The summed E-state index contributed by atoms with van der Waals surface area (Å²) in [5, 5.41) is 12.6. The van der Waals surface area contributed by atoms with Gasteiger partial charge in [0.25, 0.3) is 5.56 Å². The minimum Gasteiger partial charge on any atom is -0.495 e. The number of carbonyl (C=O) groups is 1. The topological polar surface area (TPSA) is 102 Å². The molecule has 5 rings (SSSR count). The van der Waals surface area contributed by atoms with Crippen molar-refractivity contribution in [3.05, 3.63) is 75.2 Å². The number of aromatic nitrogens is 4. The second-order valence-corrected chi connectivity index (χ2v) is 7.37. The molecular weight excluding hydrogens is 406 g/mol. The van der Waals surface area contributed by atoms with Crippen molar-refractivity contribution in [1.82, 2.24) is 20.0 Å². The van der Waals surface area contributed by atoms with E-state index in [0.29, 0.717) is 38.7 Å². The predicted molar refractivity (Wildman–Crippen MR) is 113 cm³/mol. The van der Waals surface area contributed by atoms with Crippen LogP contribution in [0.5, 0.6) is 5.75 Å². The van der Waals surface area contributed by atoms with Gasteiger partial charge < -0.3 is 15.0 Å². The van der Waals surface area contributed by atoms with Crippen LogP contribution < -0.4 is 15.6 Å². The number of H-pyrrole nitrogens is 1. The number of halogens is 1. The van der Waals surface area contributed by atoms with Crippen molar-refractivity contribution in [2.75, 3.05) is 12.4 Å². The molecule has 0 fully saturated rings. The van der Waals surface area contributed by atoms with E-state index in [2.05, 4.69) is 20.5 Å². The van der Waals surface area contributed by atoms with Gasteiger partial charge in [-0.25, -0.2) is 0 Å². The van der Waals surface area contributed by atoms with E-state index >= 15 is 0 Å². The fourth-order valence-corrected chi connectivity index (χ4v) is 4.07. The van der Waals surface area contributed by atoms with E-state index in [1.54, 1.807) is 55.8 Å². The van der Waals surface area contributed by atoms with Gasteiger partial charge in [0, 0.05) is 35.3 Å². The number of methoxy groups -OCH3 is 1. The van der Waals surface area contributed by atoms with Gasteiger partial charge in [-0.3, -0.25) is 9.59 Å². The Morgan fingerprint density at radius 2 is 2.03 bits per heavy atom. The van der Waals surface area contributed by atoms with Gasteiger partial charge in [-0.05, 0) is 36.4 Å². The number of anilines is 1.